The van der Waals surface area contributed by atoms with Crippen molar-refractivity contribution in [2.75, 3.05) is 6.54 Å². The van der Waals surface area contributed by atoms with Gasteiger partial charge >= 0.3 is 0 Å². The Bertz CT molecular complexity index is 854. The quantitative estimate of drug-likeness (QED) is 0.650. The molecule has 2 aromatic carbocycles. The molecule has 3 atom stereocenters. The van der Waals surface area contributed by atoms with Crippen LogP contribution in [0.15, 0.2) is 64.8 Å². The van der Waals surface area contributed by atoms with E-state index in [1.54, 1.807) is 0 Å². The van der Waals surface area contributed by atoms with Gasteiger partial charge in [0.05, 0.1) is 17.6 Å². The van der Waals surface area contributed by atoms with Gasteiger partial charge in [-0.05, 0) is 56.4 Å². The Hall–Kier alpha value is -2.20. The van der Waals surface area contributed by atoms with Crippen LogP contribution in [0.1, 0.15) is 31.7 Å². The van der Waals surface area contributed by atoms with E-state index in [1.807, 2.05) is 59.5 Å². The molecule has 4 rings (SSSR count). The first-order chi connectivity index (χ1) is 13.1. The third-order valence-electron chi connectivity index (χ3n) is 5.98. The van der Waals surface area contributed by atoms with Crippen LogP contribution in [0.2, 0.25) is 5.02 Å². The van der Waals surface area contributed by atoms with E-state index in [1.165, 1.54) is 0 Å². The number of nitrogens with zero attached hydrogens (tertiary/aromatic N) is 3. The van der Waals surface area contributed by atoms with E-state index < -0.39 is 5.54 Å². The molecule has 0 saturated carbocycles. The van der Waals surface area contributed by atoms with Gasteiger partial charge in [0.25, 0.3) is 0 Å². The normalized spacial score (nSPS) is 27.9. The number of hydrogen-bond donors (Lipinski definition) is 0. The summed E-state index contributed by atoms with van der Waals surface area (Å²) in [5.41, 5.74) is 1.27. The fourth-order valence-electron chi connectivity index (χ4n) is 4.46. The highest BCUT2D eigenvalue weighted by Crippen LogP contribution is 2.45. The molecule has 5 heteroatoms. The predicted octanol–water partition coefficient (Wildman–Crippen LogP) is 5.44. The molecule has 0 unspecified atom stereocenters. The Morgan fingerprint density at radius 3 is 2.63 bits per heavy atom. The molecule has 0 N–H and O–H groups in total. The number of piperidine rings is 1. The molecular weight excluding hydrogens is 358 g/mol. The second-order valence-corrected chi connectivity index (χ2v) is 8.06. The minimum absolute atomic E-state index is 0.110. The Balaban J connectivity index is 1.70. The molecular formula is C22H24ClN3O. The minimum atomic E-state index is -0.549. The lowest BCUT2D eigenvalue weighted by atomic mass is 9.78. The van der Waals surface area contributed by atoms with Crippen molar-refractivity contribution in [3.63, 3.8) is 0 Å². The lowest BCUT2D eigenvalue weighted by Gasteiger charge is -2.36. The molecule has 0 radical (unpaired) electrons. The van der Waals surface area contributed by atoms with Crippen LogP contribution < -0.4 is 0 Å². The van der Waals surface area contributed by atoms with Crippen LogP contribution in [0.3, 0.4) is 0 Å². The maximum Gasteiger partial charge on any atom is 0.228 e. The zero-order valence-electron chi connectivity index (χ0n) is 15.5. The SMILES string of the molecule is C[C@]1(N=Nc2ccccc2)[C@@H](Cc2ccccc2Cl)C(=O)N2CCCC[C@@H]21. The molecule has 2 heterocycles. The second-order valence-electron chi connectivity index (χ2n) is 7.65. The lowest BCUT2D eigenvalue weighted by molar-refractivity contribution is -0.132. The van der Waals surface area contributed by atoms with Crippen molar-refractivity contribution in [2.45, 2.75) is 44.2 Å². The van der Waals surface area contributed by atoms with Crippen LogP contribution in [-0.2, 0) is 11.2 Å². The monoisotopic (exact) mass is 381 g/mol. The predicted molar refractivity (Wildman–Crippen MR) is 107 cm³/mol. The summed E-state index contributed by atoms with van der Waals surface area (Å²) in [6.07, 6.45) is 3.77. The molecule has 140 valence electrons. The topological polar surface area (TPSA) is 45.0 Å². The Morgan fingerprint density at radius 1 is 1.11 bits per heavy atom. The standard InChI is InChI=1S/C22H24ClN3O/c1-22(25-24-17-10-3-2-4-11-17)18(15-16-9-5-6-12-19(16)23)21(27)26-14-8-7-13-20(22)26/h2-6,9-12,18,20H,7-8,13-15H2,1H3/t18-,20+,22-/m0/s1. The minimum Gasteiger partial charge on any atom is -0.337 e. The second kappa shape index (κ2) is 7.43. The van der Waals surface area contributed by atoms with Gasteiger partial charge in [-0.2, -0.15) is 10.2 Å². The van der Waals surface area contributed by atoms with Gasteiger partial charge in [0.2, 0.25) is 5.91 Å². The summed E-state index contributed by atoms with van der Waals surface area (Å²) >= 11 is 6.39. The summed E-state index contributed by atoms with van der Waals surface area (Å²) in [6, 6.07) is 17.6. The summed E-state index contributed by atoms with van der Waals surface area (Å²) in [5, 5.41) is 10.0. The smallest absolute Gasteiger partial charge is 0.228 e. The zero-order chi connectivity index (χ0) is 18.9. The maximum atomic E-state index is 13.3. The molecule has 0 aromatic heterocycles. The molecule has 2 aliphatic rings. The van der Waals surface area contributed by atoms with E-state index in [0.29, 0.717) is 11.4 Å². The van der Waals surface area contributed by atoms with E-state index in [9.17, 15) is 4.79 Å². The molecule has 0 aliphatic carbocycles. The van der Waals surface area contributed by atoms with Crippen molar-refractivity contribution < 1.29 is 4.79 Å². The van der Waals surface area contributed by atoms with Crippen molar-refractivity contribution in [1.82, 2.24) is 4.90 Å². The summed E-state index contributed by atoms with van der Waals surface area (Å²) in [7, 11) is 0. The first-order valence-corrected chi connectivity index (χ1v) is 9.99. The summed E-state index contributed by atoms with van der Waals surface area (Å²) < 4.78 is 0. The van der Waals surface area contributed by atoms with Gasteiger partial charge in [0.1, 0.15) is 5.54 Å². The van der Waals surface area contributed by atoms with Gasteiger partial charge in [0.15, 0.2) is 0 Å². The van der Waals surface area contributed by atoms with Gasteiger partial charge in [-0.3, -0.25) is 4.79 Å². The van der Waals surface area contributed by atoms with Crippen molar-refractivity contribution in [3.05, 3.63) is 65.2 Å². The highest BCUT2D eigenvalue weighted by molar-refractivity contribution is 6.31. The third-order valence-corrected chi connectivity index (χ3v) is 6.35. The van der Waals surface area contributed by atoms with Gasteiger partial charge < -0.3 is 4.90 Å². The van der Waals surface area contributed by atoms with Gasteiger partial charge in [-0.15, -0.1) is 0 Å². The lowest BCUT2D eigenvalue weighted by Crippen LogP contribution is -2.46. The number of halogens is 1. The molecule has 27 heavy (non-hydrogen) atoms. The average molecular weight is 382 g/mol. The molecule has 2 aliphatic heterocycles. The number of amides is 1. The molecule has 1 amide bonds. The van der Waals surface area contributed by atoms with Crippen LogP contribution in [0.25, 0.3) is 0 Å². The van der Waals surface area contributed by atoms with Crippen LogP contribution >= 0.6 is 11.6 Å². The number of azo groups is 1. The van der Waals surface area contributed by atoms with Crippen molar-refractivity contribution in [3.8, 4) is 0 Å². The first kappa shape index (κ1) is 18.2. The van der Waals surface area contributed by atoms with Gasteiger partial charge in [-0.25, -0.2) is 0 Å². The van der Waals surface area contributed by atoms with Gasteiger partial charge in [0, 0.05) is 11.6 Å². The van der Waals surface area contributed by atoms with Crippen molar-refractivity contribution in [2.24, 2.45) is 16.1 Å². The van der Waals surface area contributed by atoms with E-state index in [2.05, 4.69) is 12.0 Å². The number of carbonyl (C=O) groups excluding carboxylic acids is 1. The zero-order valence-corrected chi connectivity index (χ0v) is 16.3. The number of carbonyl (C=O) groups is 1. The molecule has 2 fully saturated rings. The molecule has 0 bridgehead atoms. The number of fused-ring (bicyclic) bond motifs is 1. The molecule has 2 saturated heterocycles. The average Bonchev–Trinajstić information content (AvgIpc) is 2.91. The van der Waals surface area contributed by atoms with E-state index >= 15 is 0 Å². The highest BCUT2D eigenvalue weighted by Gasteiger charge is 2.57. The van der Waals surface area contributed by atoms with Gasteiger partial charge in [-0.1, -0.05) is 48.0 Å². The first-order valence-electron chi connectivity index (χ1n) is 9.61. The van der Waals surface area contributed by atoms with E-state index in [0.717, 1.165) is 37.1 Å². The molecule has 4 nitrogen and oxygen atoms in total. The van der Waals surface area contributed by atoms with Crippen LogP contribution in [0.4, 0.5) is 5.69 Å². The Labute approximate surface area is 165 Å². The third kappa shape index (κ3) is 3.39. The number of benzene rings is 2. The molecule has 2 aromatic rings. The largest absolute Gasteiger partial charge is 0.337 e. The van der Waals surface area contributed by atoms with Crippen LogP contribution in [0, 0.1) is 5.92 Å². The van der Waals surface area contributed by atoms with E-state index in [4.69, 9.17) is 16.7 Å². The highest BCUT2D eigenvalue weighted by atomic mass is 35.5. The van der Waals surface area contributed by atoms with E-state index in [-0.39, 0.29) is 17.9 Å². The number of hydrogen-bond acceptors (Lipinski definition) is 3. The van der Waals surface area contributed by atoms with Crippen molar-refractivity contribution in [1.29, 1.82) is 0 Å². The number of rotatable bonds is 4. The Morgan fingerprint density at radius 2 is 1.85 bits per heavy atom. The summed E-state index contributed by atoms with van der Waals surface area (Å²) in [5.74, 6) is -0.0536. The fraction of sp³-hybridized carbons (Fsp3) is 0.409. The fourth-order valence-corrected chi connectivity index (χ4v) is 4.67. The summed E-state index contributed by atoms with van der Waals surface area (Å²) in [6.45, 7) is 2.91. The van der Waals surface area contributed by atoms with Crippen LogP contribution in [-0.4, -0.2) is 28.9 Å². The molecule has 0 spiro atoms. The van der Waals surface area contributed by atoms with Crippen molar-refractivity contribution >= 4 is 23.2 Å². The Kier molecular flexibility index (Phi) is 5.00. The summed E-state index contributed by atoms with van der Waals surface area (Å²) in [4.78, 5) is 15.3. The maximum absolute atomic E-state index is 13.3. The van der Waals surface area contributed by atoms with Crippen LogP contribution in [0.5, 0.6) is 0 Å².